The number of thiocarbonyl (C=S) groups is 1. The van der Waals surface area contributed by atoms with Gasteiger partial charge in [-0.15, -0.1) is 0 Å². The first kappa shape index (κ1) is 13.8. The minimum atomic E-state index is -0.277. The van der Waals surface area contributed by atoms with E-state index in [9.17, 15) is 5.11 Å². The van der Waals surface area contributed by atoms with Crippen LogP contribution in [0.4, 0.5) is 5.82 Å². The van der Waals surface area contributed by atoms with Crippen LogP contribution in [0.15, 0.2) is 6.07 Å². The smallest absolute Gasteiger partial charge is 0.139 e. The maximum absolute atomic E-state index is 9.88. The molecule has 0 radical (unpaired) electrons. The lowest BCUT2D eigenvalue weighted by atomic mass is 9.94. The number of pyridine rings is 1. The topological polar surface area (TPSA) is 62.4 Å². The minimum Gasteiger partial charge on any atom is -0.391 e. The highest BCUT2D eigenvalue weighted by atomic mass is 32.1. The summed E-state index contributed by atoms with van der Waals surface area (Å²) in [5, 5.41) is 9.88. The molecular formula is C15H21N3OS. The maximum Gasteiger partial charge on any atom is 0.139 e. The van der Waals surface area contributed by atoms with E-state index in [2.05, 4.69) is 11.0 Å². The number of nitrogens with zero attached hydrogens (tertiary/aromatic N) is 2. The normalized spacial score (nSPS) is 22.4. The quantitative estimate of drug-likeness (QED) is 0.810. The molecule has 0 aromatic carbocycles. The molecule has 0 spiro atoms. The number of aliphatic hydroxyl groups is 1. The lowest BCUT2D eigenvalue weighted by molar-refractivity contribution is 0.154. The highest BCUT2D eigenvalue weighted by Crippen LogP contribution is 2.28. The number of hydrogen-bond donors (Lipinski definition) is 2. The number of rotatable bonds is 2. The van der Waals surface area contributed by atoms with Crippen molar-refractivity contribution in [3.8, 4) is 0 Å². The number of aryl methyl sites for hydroxylation is 2. The molecule has 1 saturated heterocycles. The number of β-amino-alcohol motifs (C(OH)–C–C–N with tert-alkyl or cyclic N) is 1. The third-order valence-electron chi connectivity index (χ3n) is 4.24. The first-order valence-corrected chi connectivity index (χ1v) is 7.81. The second kappa shape index (κ2) is 5.66. The van der Waals surface area contributed by atoms with E-state index in [0.717, 1.165) is 43.6 Å². The molecule has 3 N–H and O–H groups in total. The zero-order valence-corrected chi connectivity index (χ0v) is 12.5. The van der Waals surface area contributed by atoms with Crippen LogP contribution in [0.2, 0.25) is 0 Å². The molecule has 1 unspecified atom stereocenters. The van der Waals surface area contributed by atoms with Crippen LogP contribution in [-0.4, -0.2) is 34.3 Å². The first-order chi connectivity index (χ1) is 9.65. The summed E-state index contributed by atoms with van der Waals surface area (Å²) in [5.41, 5.74) is 9.24. The van der Waals surface area contributed by atoms with E-state index < -0.39 is 0 Å². The molecule has 2 heterocycles. The zero-order valence-electron chi connectivity index (χ0n) is 11.6. The molecule has 1 aromatic heterocycles. The second-order valence-corrected chi connectivity index (χ2v) is 6.22. The Kier molecular flexibility index (Phi) is 3.89. The number of anilines is 1. The van der Waals surface area contributed by atoms with Gasteiger partial charge in [-0.3, -0.25) is 0 Å². The maximum atomic E-state index is 9.88. The fourth-order valence-corrected chi connectivity index (χ4v) is 3.34. The number of hydrogen-bond acceptors (Lipinski definition) is 4. The molecule has 2 aliphatic rings. The minimum absolute atomic E-state index is 0.277. The van der Waals surface area contributed by atoms with Crippen LogP contribution in [-0.2, 0) is 12.8 Å². The average Bonchev–Trinajstić information content (AvgIpc) is 2.46. The lowest BCUT2D eigenvalue weighted by Crippen LogP contribution is -2.40. The molecule has 1 aliphatic carbocycles. The van der Waals surface area contributed by atoms with Crippen molar-refractivity contribution in [1.29, 1.82) is 0 Å². The number of fused-ring (bicyclic) bond motifs is 1. The Labute approximate surface area is 125 Å². The van der Waals surface area contributed by atoms with Gasteiger partial charge in [-0.25, -0.2) is 4.98 Å². The summed E-state index contributed by atoms with van der Waals surface area (Å²) in [6, 6.07) is 2.13. The van der Waals surface area contributed by atoms with E-state index in [4.69, 9.17) is 22.9 Å². The van der Waals surface area contributed by atoms with Gasteiger partial charge in [0.25, 0.3) is 0 Å². The molecule has 5 heteroatoms. The van der Waals surface area contributed by atoms with Crippen LogP contribution in [0.25, 0.3) is 0 Å². The Morgan fingerprint density at radius 3 is 2.90 bits per heavy atom. The SMILES string of the molecule is NC(=S)c1cc2c(nc1N1CCCC(O)C1)CCCC2. The fraction of sp³-hybridized carbons (Fsp3) is 0.600. The van der Waals surface area contributed by atoms with E-state index in [1.165, 1.54) is 24.1 Å². The Bertz CT molecular complexity index is 532. The van der Waals surface area contributed by atoms with Crippen molar-refractivity contribution < 1.29 is 5.11 Å². The summed E-state index contributed by atoms with van der Waals surface area (Å²) >= 11 is 5.20. The van der Waals surface area contributed by atoms with Gasteiger partial charge in [-0.1, -0.05) is 12.2 Å². The molecule has 0 amide bonds. The molecule has 20 heavy (non-hydrogen) atoms. The van der Waals surface area contributed by atoms with Gasteiger partial charge in [0.1, 0.15) is 10.8 Å². The van der Waals surface area contributed by atoms with Crippen LogP contribution in [0, 0.1) is 0 Å². The third kappa shape index (κ3) is 2.65. The standard InChI is InChI=1S/C15H21N3OS/c16-14(20)12-8-10-4-1-2-6-13(10)17-15(12)18-7-3-5-11(19)9-18/h8,11,19H,1-7,9H2,(H2,16,20). The summed E-state index contributed by atoms with van der Waals surface area (Å²) in [5.74, 6) is 0.872. The van der Waals surface area contributed by atoms with Gasteiger partial charge >= 0.3 is 0 Å². The van der Waals surface area contributed by atoms with Crippen LogP contribution >= 0.6 is 12.2 Å². The Balaban J connectivity index is 2.01. The summed E-state index contributed by atoms with van der Waals surface area (Å²) in [4.78, 5) is 7.38. The third-order valence-corrected chi connectivity index (χ3v) is 4.46. The molecule has 1 atom stereocenters. The number of aliphatic hydroxyl groups excluding tert-OH is 1. The first-order valence-electron chi connectivity index (χ1n) is 7.41. The molecule has 1 fully saturated rings. The van der Waals surface area contributed by atoms with Crippen molar-refractivity contribution in [2.24, 2.45) is 5.73 Å². The monoisotopic (exact) mass is 291 g/mol. The van der Waals surface area contributed by atoms with Crippen molar-refractivity contribution in [1.82, 2.24) is 4.98 Å². The molecular weight excluding hydrogens is 270 g/mol. The van der Waals surface area contributed by atoms with Gasteiger partial charge < -0.3 is 15.7 Å². The van der Waals surface area contributed by atoms with E-state index >= 15 is 0 Å². The predicted molar refractivity (Wildman–Crippen MR) is 84.2 cm³/mol. The van der Waals surface area contributed by atoms with Crippen molar-refractivity contribution in [3.63, 3.8) is 0 Å². The van der Waals surface area contributed by atoms with Crippen LogP contribution in [0.1, 0.15) is 42.5 Å². The highest BCUT2D eigenvalue weighted by Gasteiger charge is 2.24. The van der Waals surface area contributed by atoms with Crippen molar-refractivity contribution in [2.75, 3.05) is 18.0 Å². The molecule has 1 aromatic rings. The van der Waals surface area contributed by atoms with Crippen LogP contribution in [0.5, 0.6) is 0 Å². The highest BCUT2D eigenvalue weighted by molar-refractivity contribution is 7.80. The summed E-state index contributed by atoms with van der Waals surface area (Å²) in [6.45, 7) is 1.54. The summed E-state index contributed by atoms with van der Waals surface area (Å²) in [7, 11) is 0. The van der Waals surface area contributed by atoms with Crippen LogP contribution in [0.3, 0.4) is 0 Å². The van der Waals surface area contributed by atoms with Crippen molar-refractivity contribution >= 4 is 23.0 Å². The van der Waals surface area contributed by atoms with Gasteiger partial charge in [0, 0.05) is 18.8 Å². The van der Waals surface area contributed by atoms with E-state index in [0.29, 0.717) is 11.5 Å². The molecule has 0 bridgehead atoms. The van der Waals surface area contributed by atoms with E-state index in [1.54, 1.807) is 0 Å². The second-order valence-electron chi connectivity index (χ2n) is 5.78. The summed E-state index contributed by atoms with van der Waals surface area (Å²) in [6.07, 6.45) is 6.10. The predicted octanol–water partition coefficient (Wildman–Crippen LogP) is 1.56. The number of nitrogens with two attached hydrogens (primary N) is 1. The van der Waals surface area contributed by atoms with Gasteiger partial charge in [0.15, 0.2) is 0 Å². The average molecular weight is 291 g/mol. The summed E-state index contributed by atoms with van der Waals surface area (Å²) < 4.78 is 0. The number of aromatic nitrogens is 1. The largest absolute Gasteiger partial charge is 0.391 e. The van der Waals surface area contributed by atoms with Crippen molar-refractivity contribution in [2.45, 2.75) is 44.6 Å². The lowest BCUT2D eigenvalue weighted by Gasteiger charge is -2.33. The Hall–Kier alpha value is -1.20. The van der Waals surface area contributed by atoms with E-state index in [1.807, 2.05) is 0 Å². The Morgan fingerprint density at radius 2 is 2.15 bits per heavy atom. The molecule has 108 valence electrons. The molecule has 4 nitrogen and oxygen atoms in total. The van der Waals surface area contributed by atoms with Gasteiger partial charge in [-0.05, 0) is 50.2 Å². The Morgan fingerprint density at radius 1 is 1.35 bits per heavy atom. The fourth-order valence-electron chi connectivity index (χ4n) is 3.19. The van der Waals surface area contributed by atoms with E-state index in [-0.39, 0.29) is 6.10 Å². The molecule has 3 rings (SSSR count). The van der Waals surface area contributed by atoms with Crippen molar-refractivity contribution in [3.05, 3.63) is 22.9 Å². The molecule has 1 aliphatic heterocycles. The van der Waals surface area contributed by atoms with Gasteiger partial charge in [0.2, 0.25) is 0 Å². The molecule has 0 saturated carbocycles. The van der Waals surface area contributed by atoms with Gasteiger partial charge in [-0.2, -0.15) is 0 Å². The van der Waals surface area contributed by atoms with Crippen LogP contribution < -0.4 is 10.6 Å². The zero-order chi connectivity index (χ0) is 14.1. The number of piperidine rings is 1. The van der Waals surface area contributed by atoms with Gasteiger partial charge in [0.05, 0.1) is 11.7 Å².